The minimum Gasteiger partial charge on any atom is -0.381 e. The van der Waals surface area contributed by atoms with E-state index in [-0.39, 0.29) is 43.8 Å². The number of nitrogens with one attached hydrogen (secondary N) is 1. The van der Waals surface area contributed by atoms with Crippen molar-refractivity contribution in [3.63, 3.8) is 0 Å². The molecule has 30 heavy (non-hydrogen) atoms. The summed E-state index contributed by atoms with van der Waals surface area (Å²) in [6.45, 7) is 1.24. The topological polar surface area (TPSA) is 79.0 Å². The van der Waals surface area contributed by atoms with Gasteiger partial charge < -0.3 is 15.0 Å². The van der Waals surface area contributed by atoms with Crippen LogP contribution in [-0.4, -0.2) is 59.5 Å². The number of hydrogen-bond donors (Lipinski definition) is 1. The molecule has 3 aliphatic heterocycles. The van der Waals surface area contributed by atoms with Crippen molar-refractivity contribution in [3.8, 4) is 0 Å². The minimum absolute atomic E-state index is 0.0562. The normalized spacial score (nSPS) is 24.1. The second-order valence-electron chi connectivity index (χ2n) is 8.08. The fourth-order valence-electron chi connectivity index (χ4n) is 4.35. The number of carbonyl (C=O) groups excluding carboxylic acids is 3. The van der Waals surface area contributed by atoms with Crippen molar-refractivity contribution in [2.24, 2.45) is 5.92 Å². The number of benzene rings is 1. The standard InChI is InChI=1S/C20H22F3N3O4/c21-20(22,23)15-3-1-2-13(8-15)10-25-11-14(9-16(25)27)12-26-17(28)19(24-18(26)29)4-6-30-7-5-19/h1-3,8,14H,4-7,9-12H2,(H,24,29). The van der Waals surface area contributed by atoms with Crippen molar-refractivity contribution >= 4 is 17.8 Å². The van der Waals surface area contributed by atoms with E-state index >= 15 is 0 Å². The van der Waals surface area contributed by atoms with Crippen molar-refractivity contribution in [1.29, 1.82) is 0 Å². The average Bonchev–Trinajstić information content (AvgIpc) is 3.14. The van der Waals surface area contributed by atoms with E-state index < -0.39 is 23.3 Å². The zero-order chi connectivity index (χ0) is 21.5. The number of likely N-dealkylation sites (tertiary alicyclic amines) is 1. The predicted molar refractivity (Wildman–Crippen MR) is 98.0 cm³/mol. The van der Waals surface area contributed by atoms with Crippen LogP contribution in [0.3, 0.4) is 0 Å². The van der Waals surface area contributed by atoms with E-state index in [9.17, 15) is 27.6 Å². The summed E-state index contributed by atoms with van der Waals surface area (Å²) in [4.78, 5) is 40.3. The van der Waals surface area contributed by atoms with E-state index in [0.717, 1.165) is 17.0 Å². The van der Waals surface area contributed by atoms with Crippen molar-refractivity contribution in [2.45, 2.75) is 37.5 Å². The van der Waals surface area contributed by atoms with Gasteiger partial charge in [-0.1, -0.05) is 12.1 Å². The number of nitrogens with zero attached hydrogens (tertiary/aromatic N) is 2. The molecule has 0 bridgehead atoms. The molecule has 10 heteroatoms. The first-order valence-electron chi connectivity index (χ1n) is 9.84. The van der Waals surface area contributed by atoms with Gasteiger partial charge in [0.2, 0.25) is 5.91 Å². The Labute approximate surface area is 171 Å². The highest BCUT2D eigenvalue weighted by Gasteiger charge is 2.52. The van der Waals surface area contributed by atoms with Crippen molar-refractivity contribution < 1.29 is 32.3 Å². The van der Waals surface area contributed by atoms with Gasteiger partial charge in [-0.2, -0.15) is 13.2 Å². The van der Waals surface area contributed by atoms with Crippen LogP contribution in [0.1, 0.15) is 30.4 Å². The van der Waals surface area contributed by atoms with Gasteiger partial charge in [0, 0.05) is 58.0 Å². The van der Waals surface area contributed by atoms with Crippen LogP contribution in [-0.2, 0) is 27.0 Å². The Morgan fingerprint density at radius 3 is 2.60 bits per heavy atom. The molecule has 3 heterocycles. The summed E-state index contributed by atoms with van der Waals surface area (Å²) < 4.78 is 44.0. The van der Waals surface area contributed by atoms with Crippen LogP contribution < -0.4 is 5.32 Å². The average molecular weight is 425 g/mol. The number of imide groups is 1. The molecule has 0 radical (unpaired) electrons. The summed E-state index contributed by atoms with van der Waals surface area (Å²) in [5, 5.41) is 2.78. The van der Waals surface area contributed by atoms with Crippen LogP contribution >= 0.6 is 0 Å². The molecule has 7 nitrogen and oxygen atoms in total. The molecular weight excluding hydrogens is 403 g/mol. The van der Waals surface area contributed by atoms with Crippen LogP contribution in [0.15, 0.2) is 24.3 Å². The van der Waals surface area contributed by atoms with Gasteiger partial charge in [-0.25, -0.2) is 4.79 Å². The summed E-state index contributed by atoms with van der Waals surface area (Å²) in [5.74, 6) is -0.752. The van der Waals surface area contributed by atoms with E-state index in [1.807, 2.05) is 0 Å². The number of halogens is 3. The number of urea groups is 1. The van der Waals surface area contributed by atoms with E-state index in [2.05, 4.69) is 5.32 Å². The van der Waals surface area contributed by atoms with Gasteiger partial charge in [-0.3, -0.25) is 14.5 Å². The predicted octanol–water partition coefficient (Wildman–Crippen LogP) is 2.15. The summed E-state index contributed by atoms with van der Waals surface area (Å²) in [5.41, 5.74) is -1.30. The van der Waals surface area contributed by atoms with Gasteiger partial charge in [-0.05, 0) is 17.7 Å². The quantitative estimate of drug-likeness (QED) is 0.750. The van der Waals surface area contributed by atoms with Gasteiger partial charge in [0.25, 0.3) is 5.91 Å². The van der Waals surface area contributed by atoms with Gasteiger partial charge in [-0.15, -0.1) is 0 Å². The number of rotatable bonds is 4. The lowest BCUT2D eigenvalue weighted by atomic mass is 9.90. The van der Waals surface area contributed by atoms with Gasteiger partial charge >= 0.3 is 12.2 Å². The Bertz CT molecular complexity index is 867. The number of amides is 4. The Hall–Kier alpha value is -2.62. The summed E-state index contributed by atoms with van der Waals surface area (Å²) in [7, 11) is 0. The maximum absolute atomic E-state index is 12.9. The molecule has 4 amide bonds. The van der Waals surface area contributed by atoms with Crippen LogP contribution in [0.2, 0.25) is 0 Å². The van der Waals surface area contributed by atoms with Crippen LogP contribution in [0, 0.1) is 5.92 Å². The third-order valence-electron chi connectivity index (χ3n) is 5.96. The summed E-state index contributed by atoms with van der Waals surface area (Å²) >= 11 is 0. The largest absolute Gasteiger partial charge is 0.416 e. The lowest BCUT2D eigenvalue weighted by Crippen LogP contribution is -2.51. The molecule has 3 saturated heterocycles. The molecule has 162 valence electrons. The lowest BCUT2D eigenvalue weighted by Gasteiger charge is -2.30. The first-order valence-corrected chi connectivity index (χ1v) is 9.84. The Morgan fingerprint density at radius 2 is 1.90 bits per heavy atom. The Kier molecular flexibility index (Phi) is 5.21. The summed E-state index contributed by atoms with van der Waals surface area (Å²) in [6.07, 6.45) is -3.47. The van der Waals surface area contributed by atoms with Crippen molar-refractivity contribution in [1.82, 2.24) is 15.1 Å². The molecule has 3 aliphatic rings. The third-order valence-corrected chi connectivity index (χ3v) is 5.96. The minimum atomic E-state index is -4.45. The maximum Gasteiger partial charge on any atom is 0.416 e. The number of carbonyl (C=O) groups is 3. The fraction of sp³-hybridized carbons (Fsp3) is 0.550. The van der Waals surface area contributed by atoms with E-state index in [1.165, 1.54) is 11.0 Å². The third kappa shape index (κ3) is 3.88. The molecule has 0 aliphatic carbocycles. The number of ether oxygens (including phenoxy) is 1. The first kappa shape index (κ1) is 20.6. The molecule has 1 unspecified atom stereocenters. The van der Waals surface area contributed by atoms with E-state index in [0.29, 0.717) is 31.6 Å². The molecule has 3 fully saturated rings. The van der Waals surface area contributed by atoms with Crippen LogP contribution in [0.5, 0.6) is 0 Å². The zero-order valence-corrected chi connectivity index (χ0v) is 16.2. The molecule has 4 rings (SSSR count). The number of alkyl halides is 3. The van der Waals surface area contributed by atoms with Crippen molar-refractivity contribution in [2.75, 3.05) is 26.3 Å². The maximum atomic E-state index is 12.9. The lowest BCUT2D eigenvalue weighted by molar-refractivity contribution is -0.137. The van der Waals surface area contributed by atoms with Gasteiger partial charge in [0.05, 0.1) is 5.56 Å². The SMILES string of the molecule is O=C1CC(CN2C(=O)NC3(CCOCC3)C2=O)CN1Cc1cccc(C(F)(F)F)c1. The molecule has 1 aromatic carbocycles. The number of hydrogen-bond acceptors (Lipinski definition) is 4. The monoisotopic (exact) mass is 425 g/mol. The van der Waals surface area contributed by atoms with Gasteiger partial charge in [0.1, 0.15) is 5.54 Å². The molecule has 0 aromatic heterocycles. The van der Waals surface area contributed by atoms with E-state index in [4.69, 9.17) is 4.74 Å². The molecule has 1 spiro atoms. The Morgan fingerprint density at radius 1 is 1.17 bits per heavy atom. The zero-order valence-electron chi connectivity index (χ0n) is 16.2. The molecule has 1 atom stereocenters. The van der Waals surface area contributed by atoms with Crippen LogP contribution in [0.25, 0.3) is 0 Å². The molecule has 0 saturated carbocycles. The fourth-order valence-corrected chi connectivity index (χ4v) is 4.35. The van der Waals surface area contributed by atoms with E-state index in [1.54, 1.807) is 6.07 Å². The first-order chi connectivity index (χ1) is 14.2. The highest BCUT2D eigenvalue weighted by Crippen LogP contribution is 2.32. The smallest absolute Gasteiger partial charge is 0.381 e. The molecule has 1 N–H and O–H groups in total. The highest BCUT2D eigenvalue weighted by atomic mass is 19.4. The van der Waals surface area contributed by atoms with Crippen LogP contribution in [0.4, 0.5) is 18.0 Å². The highest BCUT2D eigenvalue weighted by molar-refractivity contribution is 6.07. The van der Waals surface area contributed by atoms with Gasteiger partial charge in [0.15, 0.2) is 0 Å². The molecule has 1 aromatic rings. The molecular formula is C20H22F3N3O4. The Balaban J connectivity index is 1.40. The second kappa shape index (κ2) is 7.57. The summed E-state index contributed by atoms with van der Waals surface area (Å²) in [6, 6.07) is 4.42. The second-order valence-corrected chi connectivity index (χ2v) is 8.08. The van der Waals surface area contributed by atoms with Crippen molar-refractivity contribution in [3.05, 3.63) is 35.4 Å².